The van der Waals surface area contributed by atoms with E-state index >= 15 is 0 Å². The number of alkyl halides is 3. The van der Waals surface area contributed by atoms with Gasteiger partial charge in [-0.3, -0.25) is 0 Å². The van der Waals surface area contributed by atoms with E-state index in [9.17, 15) is 23.4 Å². The lowest BCUT2D eigenvalue weighted by Crippen LogP contribution is -2.25. The molecule has 0 saturated carbocycles. The van der Waals surface area contributed by atoms with Crippen molar-refractivity contribution < 1.29 is 28.5 Å². The van der Waals surface area contributed by atoms with Crippen LogP contribution in [0, 0.1) is 0 Å². The Hall–Kier alpha value is -2.15. The van der Waals surface area contributed by atoms with Crippen LogP contribution in [-0.4, -0.2) is 27.6 Å². The molecule has 1 unspecified atom stereocenters. The molecular weight excluding hydrogens is 381 g/mol. The van der Waals surface area contributed by atoms with Gasteiger partial charge in [-0.15, -0.1) is 0 Å². The fourth-order valence-electron chi connectivity index (χ4n) is 3.22. The number of hydrogen-bond donors (Lipinski definition) is 3. The van der Waals surface area contributed by atoms with Gasteiger partial charge in [0.1, 0.15) is 0 Å². The molecule has 0 bridgehead atoms. The normalized spacial score (nSPS) is 13.2. The molecule has 0 aliphatic heterocycles. The van der Waals surface area contributed by atoms with Crippen molar-refractivity contribution in [2.45, 2.75) is 58.1 Å². The predicted molar refractivity (Wildman–Crippen MR) is 107 cm³/mol. The molecule has 29 heavy (non-hydrogen) atoms. The van der Waals surface area contributed by atoms with Gasteiger partial charge in [-0.25, -0.2) is 0 Å². The van der Waals surface area contributed by atoms with Crippen molar-refractivity contribution in [3.8, 4) is 0 Å². The van der Waals surface area contributed by atoms with Crippen LogP contribution >= 0.6 is 0 Å². The van der Waals surface area contributed by atoms with Gasteiger partial charge in [0.25, 0.3) is 0 Å². The van der Waals surface area contributed by atoms with Gasteiger partial charge in [-0.05, 0) is 65.1 Å². The average molecular weight is 408 g/mol. The Morgan fingerprint density at radius 1 is 0.897 bits per heavy atom. The van der Waals surface area contributed by atoms with E-state index < -0.39 is 12.3 Å². The Bertz CT molecular complexity index is 829. The van der Waals surface area contributed by atoms with E-state index in [1.54, 1.807) is 6.07 Å². The summed E-state index contributed by atoms with van der Waals surface area (Å²) in [6.07, 6.45) is -1.84. The highest BCUT2D eigenvalue weighted by Gasteiger charge is 2.36. The first-order valence-corrected chi connectivity index (χ1v) is 9.65. The van der Waals surface area contributed by atoms with Crippen LogP contribution in [0.15, 0.2) is 42.5 Å². The molecule has 0 radical (unpaired) electrons. The van der Waals surface area contributed by atoms with E-state index in [4.69, 9.17) is 5.11 Å². The van der Waals surface area contributed by atoms with E-state index in [0.29, 0.717) is 12.0 Å². The molecule has 0 fully saturated rings. The Morgan fingerprint density at radius 2 is 1.48 bits per heavy atom. The Balaban J connectivity index is 2.01. The van der Waals surface area contributed by atoms with E-state index in [1.165, 1.54) is 6.08 Å². The van der Waals surface area contributed by atoms with Crippen molar-refractivity contribution in [2.24, 2.45) is 0 Å². The molecule has 0 aliphatic rings. The molecule has 0 saturated heterocycles. The zero-order chi connectivity index (χ0) is 21.4. The molecule has 0 heterocycles. The van der Waals surface area contributed by atoms with Crippen LogP contribution in [0.1, 0.15) is 46.7 Å². The van der Waals surface area contributed by atoms with Crippen molar-refractivity contribution in [1.82, 2.24) is 0 Å². The zero-order valence-corrected chi connectivity index (χ0v) is 16.4. The van der Waals surface area contributed by atoms with Crippen LogP contribution in [-0.2, 0) is 32.5 Å². The number of hydrogen-bond acceptors (Lipinski definition) is 3. The summed E-state index contributed by atoms with van der Waals surface area (Å²) in [5.41, 5.74) is 5.25. The van der Waals surface area contributed by atoms with Crippen LogP contribution in [0.2, 0.25) is 0 Å². The summed E-state index contributed by atoms with van der Waals surface area (Å²) in [7, 11) is 0. The first-order chi connectivity index (χ1) is 13.8. The van der Waals surface area contributed by atoms with Crippen LogP contribution in [0.25, 0.3) is 6.08 Å². The summed E-state index contributed by atoms with van der Waals surface area (Å²) in [6.45, 7) is 1.73. The van der Waals surface area contributed by atoms with Crippen molar-refractivity contribution in [3.05, 3.63) is 75.9 Å². The van der Waals surface area contributed by atoms with E-state index in [-0.39, 0.29) is 13.2 Å². The van der Waals surface area contributed by atoms with Crippen molar-refractivity contribution in [1.29, 1.82) is 0 Å². The smallest absolute Gasteiger partial charge is 0.392 e. The van der Waals surface area contributed by atoms with Gasteiger partial charge < -0.3 is 15.3 Å². The Morgan fingerprint density at radius 3 is 2.03 bits per heavy atom. The molecule has 158 valence electrons. The number of benzene rings is 2. The lowest BCUT2D eigenvalue weighted by Gasteiger charge is -2.11. The highest BCUT2D eigenvalue weighted by Crippen LogP contribution is 2.23. The van der Waals surface area contributed by atoms with Crippen LogP contribution in [0.5, 0.6) is 0 Å². The van der Waals surface area contributed by atoms with Crippen LogP contribution in [0.3, 0.4) is 0 Å². The maximum atomic E-state index is 12.4. The molecule has 0 aliphatic carbocycles. The van der Waals surface area contributed by atoms with Gasteiger partial charge in [0, 0.05) is 0 Å². The topological polar surface area (TPSA) is 60.7 Å². The maximum Gasteiger partial charge on any atom is 0.417 e. The van der Waals surface area contributed by atoms with Gasteiger partial charge in [-0.2, -0.15) is 13.2 Å². The molecular formula is C23H27F3O3. The quantitative estimate of drug-likeness (QED) is 0.578. The first-order valence-electron chi connectivity index (χ1n) is 9.65. The highest BCUT2D eigenvalue weighted by molar-refractivity contribution is 5.55. The van der Waals surface area contributed by atoms with Gasteiger partial charge in [-0.1, -0.05) is 49.4 Å². The zero-order valence-electron chi connectivity index (χ0n) is 16.4. The number of aryl methyl sites for hydroxylation is 3. The fraction of sp³-hybridized carbons (Fsp3) is 0.391. The number of halogens is 3. The second-order valence-corrected chi connectivity index (χ2v) is 7.01. The second kappa shape index (κ2) is 10.6. The second-order valence-electron chi connectivity index (χ2n) is 7.01. The van der Waals surface area contributed by atoms with E-state index in [1.807, 2.05) is 37.3 Å². The standard InChI is InChI=1S/C23H27F3O3/c1-2-18-12-16(6-8-19(18)10-11-22(29)23(24,25)26)4-3-5-17-7-9-20(14-27)21(13-17)15-28/h6-13,22,27-29H,2-5,14-15H2,1H3/b11-10+. The largest absolute Gasteiger partial charge is 0.417 e. The lowest BCUT2D eigenvalue weighted by atomic mass is 9.96. The molecule has 0 aromatic heterocycles. The number of aliphatic hydroxyl groups excluding tert-OH is 3. The molecule has 2 rings (SSSR count). The minimum Gasteiger partial charge on any atom is -0.392 e. The van der Waals surface area contributed by atoms with Crippen molar-refractivity contribution in [3.63, 3.8) is 0 Å². The van der Waals surface area contributed by atoms with Gasteiger partial charge >= 0.3 is 6.18 Å². The highest BCUT2D eigenvalue weighted by atomic mass is 19.4. The third kappa shape index (κ3) is 6.70. The minimum absolute atomic E-state index is 0.100. The predicted octanol–water partition coefficient (Wildman–Crippen LogP) is 4.35. The summed E-state index contributed by atoms with van der Waals surface area (Å²) in [4.78, 5) is 0. The fourth-order valence-corrected chi connectivity index (χ4v) is 3.22. The van der Waals surface area contributed by atoms with Crippen LogP contribution < -0.4 is 0 Å². The third-order valence-corrected chi connectivity index (χ3v) is 4.92. The molecule has 0 spiro atoms. The molecule has 3 N–H and O–H groups in total. The van der Waals surface area contributed by atoms with Crippen molar-refractivity contribution >= 4 is 6.08 Å². The summed E-state index contributed by atoms with van der Waals surface area (Å²) < 4.78 is 37.3. The molecule has 3 nitrogen and oxygen atoms in total. The average Bonchev–Trinajstić information content (AvgIpc) is 2.71. The molecule has 0 amide bonds. The summed E-state index contributed by atoms with van der Waals surface area (Å²) in [5.74, 6) is 0. The summed E-state index contributed by atoms with van der Waals surface area (Å²) in [6, 6.07) is 11.4. The monoisotopic (exact) mass is 408 g/mol. The minimum atomic E-state index is -4.66. The lowest BCUT2D eigenvalue weighted by molar-refractivity contribution is -0.187. The van der Waals surface area contributed by atoms with Crippen molar-refractivity contribution in [2.75, 3.05) is 0 Å². The molecule has 2 aromatic rings. The van der Waals surface area contributed by atoms with E-state index in [2.05, 4.69) is 0 Å². The number of aliphatic hydroxyl groups is 3. The maximum absolute atomic E-state index is 12.4. The van der Waals surface area contributed by atoms with Gasteiger partial charge in [0.2, 0.25) is 0 Å². The molecule has 2 aromatic carbocycles. The van der Waals surface area contributed by atoms with Gasteiger partial charge in [0.05, 0.1) is 13.2 Å². The van der Waals surface area contributed by atoms with Gasteiger partial charge in [0.15, 0.2) is 6.10 Å². The van der Waals surface area contributed by atoms with E-state index in [0.717, 1.165) is 53.2 Å². The first kappa shape index (κ1) is 23.1. The summed E-state index contributed by atoms with van der Waals surface area (Å²) >= 11 is 0. The SMILES string of the molecule is CCc1cc(CCCc2ccc(CO)c(CO)c2)ccc1/C=C/C(O)C(F)(F)F. The van der Waals surface area contributed by atoms with Crippen LogP contribution in [0.4, 0.5) is 13.2 Å². The Labute approximate surface area is 169 Å². The number of rotatable bonds is 9. The molecule has 1 atom stereocenters. The third-order valence-electron chi connectivity index (χ3n) is 4.92. The Kier molecular flexibility index (Phi) is 8.44. The molecule has 6 heteroatoms. The summed E-state index contributed by atoms with van der Waals surface area (Å²) in [5, 5.41) is 27.8.